The van der Waals surface area contributed by atoms with Crippen LogP contribution in [0.2, 0.25) is 0 Å². The summed E-state index contributed by atoms with van der Waals surface area (Å²) in [6.45, 7) is 1.48. The van der Waals surface area contributed by atoms with Crippen molar-refractivity contribution in [2.24, 2.45) is 5.92 Å². The van der Waals surface area contributed by atoms with Crippen molar-refractivity contribution in [2.75, 3.05) is 18.0 Å². The molecule has 0 N–H and O–H groups in total. The van der Waals surface area contributed by atoms with Crippen molar-refractivity contribution < 1.29 is 9.59 Å². The minimum atomic E-state index is -0.242. The molecule has 2 amide bonds. The van der Waals surface area contributed by atoms with Gasteiger partial charge in [-0.3, -0.25) is 9.59 Å². The van der Waals surface area contributed by atoms with Crippen LogP contribution < -0.4 is 4.90 Å². The molecule has 0 spiro atoms. The Morgan fingerprint density at radius 1 is 1.10 bits per heavy atom. The third-order valence-electron chi connectivity index (χ3n) is 4.63. The second-order valence-corrected chi connectivity index (χ2v) is 6.07. The number of carbonyl (C=O) groups is 2. The van der Waals surface area contributed by atoms with Crippen LogP contribution >= 0.6 is 0 Å². The van der Waals surface area contributed by atoms with Gasteiger partial charge in [0, 0.05) is 13.1 Å². The molecule has 0 unspecified atom stereocenters. The molecule has 2 aliphatic heterocycles. The predicted molar refractivity (Wildman–Crippen MR) is 75.6 cm³/mol. The Balaban J connectivity index is 1.82. The van der Waals surface area contributed by atoms with Gasteiger partial charge in [0.1, 0.15) is 6.04 Å². The Morgan fingerprint density at radius 2 is 1.90 bits per heavy atom. The molecule has 1 aliphatic carbocycles. The van der Waals surface area contributed by atoms with Crippen LogP contribution in [0.4, 0.5) is 5.69 Å². The molecule has 3 aliphatic rings. The van der Waals surface area contributed by atoms with Gasteiger partial charge < -0.3 is 9.80 Å². The molecule has 4 rings (SSSR count). The van der Waals surface area contributed by atoms with Crippen molar-refractivity contribution in [3.63, 3.8) is 0 Å². The van der Waals surface area contributed by atoms with Crippen LogP contribution in [-0.4, -0.2) is 35.8 Å². The lowest BCUT2D eigenvalue weighted by molar-refractivity contribution is -0.122. The lowest BCUT2D eigenvalue weighted by Gasteiger charge is -2.25. The van der Waals surface area contributed by atoms with Gasteiger partial charge in [-0.1, -0.05) is 12.1 Å². The smallest absolute Gasteiger partial charge is 0.256 e. The van der Waals surface area contributed by atoms with E-state index >= 15 is 0 Å². The number of carbonyl (C=O) groups excluding carboxylic acids is 2. The average Bonchev–Trinajstić information content (AvgIpc) is 3.17. The summed E-state index contributed by atoms with van der Waals surface area (Å²) < 4.78 is 0. The van der Waals surface area contributed by atoms with E-state index < -0.39 is 0 Å². The summed E-state index contributed by atoms with van der Waals surface area (Å²) in [6.07, 6.45) is 4.14. The van der Waals surface area contributed by atoms with E-state index in [1.165, 1.54) is 12.8 Å². The van der Waals surface area contributed by atoms with Crippen molar-refractivity contribution in [3.05, 3.63) is 29.8 Å². The van der Waals surface area contributed by atoms with Crippen LogP contribution in [0, 0.1) is 5.92 Å². The minimum absolute atomic E-state index is 0.0229. The molecule has 1 aromatic rings. The fraction of sp³-hybridized carbons (Fsp3) is 0.500. The Kier molecular flexibility index (Phi) is 2.59. The molecule has 1 aromatic carbocycles. The first-order chi connectivity index (χ1) is 9.75. The van der Waals surface area contributed by atoms with Crippen LogP contribution in [0.25, 0.3) is 0 Å². The average molecular weight is 270 g/mol. The van der Waals surface area contributed by atoms with E-state index in [4.69, 9.17) is 0 Å². The lowest BCUT2D eigenvalue weighted by atomic mass is 10.1. The number of nitrogens with zero attached hydrogens (tertiary/aromatic N) is 2. The van der Waals surface area contributed by atoms with Gasteiger partial charge in [0.2, 0.25) is 5.91 Å². The highest BCUT2D eigenvalue weighted by molar-refractivity contribution is 6.11. The largest absolute Gasteiger partial charge is 0.327 e. The summed E-state index contributed by atoms with van der Waals surface area (Å²) in [5, 5.41) is 0. The molecule has 20 heavy (non-hydrogen) atoms. The van der Waals surface area contributed by atoms with Crippen LogP contribution in [0.5, 0.6) is 0 Å². The van der Waals surface area contributed by atoms with Gasteiger partial charge >= 0.3 is 0 Å². The van der Waals surface area contributed by atoms with Crippen molar-refractivity contribution in [2.45, 2.75) is 31.7 Å². The first-order valence-corrected chi connectivity index (χ1v) is 7.47. The summed E-state index contributed by atoms with van der Waals surface area (Å²) in [4.78, 5) is 29.1. The molecule has 1 atom stereocenters. The van der Waals surface area contributed by atoms with Crippen molar-refractivity contribution in [1.29, 1.82) is 0 Å². The number of rotatable bonds is 2. The van der Waals surface area contributed by atoms with Gasteiger partial charge in [-0.2, -0.15) is 0 Å². The first-order valence-electron chi connectivity index (χ1n) is 7.47. The Bertz CT molecular complexity index is 580. The zero-order chi connectivity index (χ0) is 13.7. The van der Waals surface area contributed by atoms with Crippen LogP contribution in [0.1, 0.15) is 36.0 Å². The number of hydrogen-bond acceptors (Lipinski definition) is 2. The monoisotopic (exact) mass is 270 g/mol. The lowest BCUT2D eigenvalue weighted by Crippen LogP contribution is -2.45. The summed E-state index contributed by atoms with van der Waals surface area (Å²) >= 11 is 0. The fourth-order valence-electron chi connectivity index (χ4n) is 3.36. The van der Waals surface area contributed by atoms with Gasteiger partial charge in [-0.05, 0) is 43.7 Å². The normalized spacial score (nSPS) is 25.5. The quantitative estimate of drug-likeness (QED) is 0.825. The molecule has 4 heteroatoms. The number of fused-ring (bicyclic) bond motifs is 2. The van der Waals surface area contributed by atoms with Crippen molar-refractivity contribution in [3.8, 4) is 0 Å². The summed E-state index contributed by atoms with van der Waals surface area (Å²) in [6, 6.07) is 7.32. The Morgan fingerprint density at radius 3 is 2.70 bits per heavy atom. The molecular weight excluding hydrogens is 252 g/mol. The van der Waals surface area contributed by atoms with Gasteiger partial charge in [-0.25, -0.2) is 0 Å². The van der Waals surface area contributed by atoms with Gasteiger partial charge in [-0.15, -0.1) is 0 Å². The number of hydrogen-bond donors (Lipinski definition) is 0. The summed E-state index contributed by atoms with van der Waals surface area (Å²) in [7, 11) is 0. The standard InChI is InChI=1S/C16H18N2O2/c19-15-12-4-1-2-5-13(12)18(10-11-7-8-11)16(20)14-6-3-9-17(14)15/h1-2,4-5,11,14H,3,6-10H2/t14-/m0/s1. The fourth-order valence-corrected chi connectivity index (χ4v) is 3.36. The molecule has 0 aromatic heterocycles. The number of amides is 2. The van der Waals surface area contributed by atoms with E-state index in [1.807, 2.05) is 29.2 Å². The van der Waals surface area contributed by atoms with Crippen molar-refractivity contribution >= 4 is 17.5 Å². The van der Waals surface area contributed by atoms with Gasteiger partial charge in [0.25, 0.3) is 5.91 Å². The van der Waals surface area contributed by atoms with Crippen LogP contribution in [0.15, 0.2) is 24.3 Å². The maximum atomic E-state index is 12.8. The molecule has 0 bridgehead atoms. The second-order valence-electron chi connectivity index (χ2n) is 6.07. The highest BCUT2D eigenvalue weighted by atomic mass is 16.2. The molecule has 104 valence electrons. The van der Waals surface area contributed by atoms with Gasteiger partial charge in [0.15, 0.2) is 0 Å². The topological polar surface area (TPSA) is 40.6 Å². The van der Waals surface area contributed by atoms with Crippen LogP contribution in [0.3, 0.4) is 0 Å². The molecule has 2 heterocycles. The Labute approximate surface area is 118 Å². The Hall–Kier alpha value is -1.84. The second kappa shape index (κ2) is 4.33. The zero-order valence-electron chi connectivity index (χ0n) is 11.4. The van der Waals surface area contributed by atoms with E-state index in [2.05, 4.69) is 0 Å². The molecule has 4 nitrogen and oxygen atoms in total. The highest BCUT2D eigenvalue weighted by Crippen LogP contribution is 2.36. The maximum absolute atomic E-state index is 12.8. The number of anilines is 1. The maximum Gasteiger partial charge on any atom is 0.256 e. The third-order valence-corrected chi connectivity index (χ3v) is 4.63. The van der Waals surface area contributed by atoms with E-state index in [0.717, 1.165) is 25.1 Å². The van der Waals surface area contributed by atoms with Crippen LogP contribution in [-0.2, 0) is 4.79 Å². The molecule has 1 saturated heterocycles. The molecule has 0 radical (unpaired) electrons. The molecule has 1 saturated carbocycles. The summed E-state index contributed by atoms with van der Waals surface area (Å²) in [5.41, 5.74) is 1.50. The highest BCUT2D eigenvalue weighted by Gasteiger charge is 2.42. The predicted octanol–water partition coefficient (Wildman–Crippen LogP) is 2.05. The van der Waals surface area contributed by atoms with E-state index in [1.54, 1.807) is 4.90 Å². The summed E-state index contributed by atoms with van der Waals surface area (Å²) in [5.74, 6) is 0.762. The number of benzene rings is 1. The van der Waals surface area contributed by atoms with Gasteiger partial charge in [0.05, 0.1) is 11.3 Å². The van der Waals surface area contributed by atoms with E-state index in [0.29, 0.717) is 18.0 Å². The van der Waals surface area contributed by atoms with Crippen molar-refractivity contribution in [1.82, 2.24) is 4.90 Å². The first kappa shape index (κ1) is 11.9. The molecular formula is C16H18N2O2. The van der Waals surface area contributed by atoms with E-state index in [-0.39, 0.29) is 17.9 Å². The zero-order valence-corrected chi connectivity index (χ0v) is 11.4. The number of para-hydroxylation sites is 1. The minimum Gasteiger partial charge on any atom is -0.327 e. The van der Waals surface area contributed by atoms with E-state index in [9.17, 15) is 9.59 Å². The molecule has 2 fully saturated rings. The SMILES string of the molecule is O=C1[C@@H]2CCCN2C(=O)c2ccccc2N1CC1CC1. The third kappa shape index (κ3) is 1.74.